The minimum atomic E-state index is -2.34. The van der Waals surface area contributed by atoms with Crippen molar-refractivity contribution in [1.82, 2.24) is 5.16 Å². The standard InChI is InChI=1S/C5H5F2NO/c6-5(7)3-4-1-2-9-8-4/h1-2,5H,3H2. The molecule has 1 aromatic heterocycles. The van der Waals surface area contributed by atoms with E-state index < -0.39 is 6.43 Å². The van der Waals surface area contributed by atoms with Gasteiger partial charge in [0.1, 0.15) is 6.26 Å². The maximum Gasteiger partial charge on any atom is 0.244 e. The molecule has 1 heterocycles. The highest BCUT2D eigenvalue weighted by molar-refractivity contribution is 4.95. The highest BCUT2D eigenvalue weighted by Crippen LogP contribution is 2.03. The van der Waals surface area contributed by atoms with Gasteiger partial charge in [0.2, 0.25) is 6.43 Å². The second-order valence-corrected chi connectivity index (χ2v) is 1.59. The molecule has 0 aliphatic heterocycles. The van der Waals surface area contributed by atoms with Gasteiger partial charge in [-0.25, -0.2) is 8.78 Å². The Morgan fingerprint density at radius 2 is 2.44 bits per heavy atom. The molecule has 0 spiro atoms. The topological polar surface area (TPSA) is 26.0 Å². The maximum absolute atomic E-state index is 11.5. The van der Waals surface area contributed by atoms with E-state index in [1.54, 1.807) is 0 Å². The first kappa shape index (κ1) is 6.19. The van der Waals surface area contributed by atoms with E-state index in [2.05, 4.69) is 9.68 Å². The van der Waals surface area contributed by atoms with Crippen molar-refractivity contribution in [1.29, 1.82) is 0 Å². The molecule has 0 radical (unpaired) electrons. The van der Waals surface area contributed by atoms with Gasteiger partial charge >= 0.3 is 0 Å². The van der Waals surface area contributed by atoms with Crippen LogP contribution in [0.1, 0.15) is 5.69 Å². The Bertz CT molecular complexity index is 161. The zero-order valence-corrected chi connectivity index (χ0v) is 4.55. The van der Waals surface area contributed by atoms with E-state index in [1.807, 2.05) is 0 Å². The minimum Gasteiger partial charge on any atom is -0.365 e. The Labute approximate surface area is 50.5 Å². The van der Waals surface area contributed by atoms with Crippen LogP contribution in [0.3, 0.4) is 0 Å². The summed E-state index contributed by atoms with van der Waals surface area (Å²) in [4.78, 5) is 0. The Morgan fingerprint density at radius 1 is 1.67 bits per heavy atom. The molecule has 1 rings (SSSR count). The highest BCUT2D eigenvalue weighted by atomic mass is 19.3. The predicted octanol–water partition coefficient (Wildman–Crippen LogP) is 1.48. The lowest BCUT2D eigenvalue weighted by Crippen LogP contribution is -1.95. The van der Waals surface area contributed by atoms with Crippen molar-refractivity contribution in [3.05, 3.63) is 18.0 Å². The van der Waals surface area contributed by atoms with E-state index >= 15 is 0 Å². The largest absolute Gasteiger partial charge is 0.365 e. The average Bonchev–Trinajstić information content (AvgIpc) is 2.15. The minimum absolute atomic E-state index is 0.296. The van der Waals surface area contributed by atoms with Crippen molar-refractivity contribution in [3.63, 3.8) is 0 Å². The summed E-state index contributed by atoms with van der Waals surface area (Å²) < 4.78 is 27.4. The maximum atomic E-state index is 11.5. The van der Waals surface area contributed by atoms with E-state index in [1.165, 1.54) is 12.3 Å². The van der Waals surface area contributed by atoms with Crippen LogP contribution < -0.4 is 0 Å². The molecular formula is C5H5F2NO. The SMILES string of the molecule is FC(F)Cc1ccon1. The lowest BCUT2D eigenvalue weighted by atomic mass is 10.3. The van der Waals surface area contributed by atoms with Gasteiger partial charge in [-0.15, -0.1) is 0 Å². The van der Waals surface area contributed by atoms with Crippen LogP contribution in [0.25, 0.3) is 0 Å². The number of hydrogen-bond acceptors (Lipinski definition) is 2. The third kappa shape index (κ3) is 1.79. The molecule has 0 bridgehead atoms. The van der Waals surface area contributed by atoms with Gasteiger partial charge in [0.15, 0.2) is 0 Å². The summed E-state index contributed by atoms with van der Waals surface area (Å²) in [5, 5.41) is 3.30. The van der Waals surface area contributed by atoms with Crippen molar-refractivity contribution >= 4 is 0 Å². The van der Waals surface area contributed by atoms with Gasteiger partial charge < -0.3 is 4.52 Å². The van der Waals surface area contributed by atoms with Crippen molar-refractivity contribution in [2.75, 3.05) is 0 Å². The van der Waals surface area contributed by atoms with Gasteiger partial charge in [0, 0.05) is 6.07 Å². The molecule has 1 aromatic rings. The summed E-state index contributed by atoms with van der Waals surface area (Å²) in [6.07, 6.45) is -1.39. The number of rotatable bonds is 2. The summed E-state index contributed by atoms with van der Waals surface area (Å²) in [6, 6.07) is 1.42. The van der Waals surface area contributed by atoms with E-state index in [-0.39, 0.29) is 6.42 Å². The van der Waals surface area contributed by atoms with Gasteiger partial charge in [0.05, 0.1) is 12.1 Å². The van der Waals surface area contributed by atoms with Crippen LogP contribution in [0.15, 0.2) is 16.9 Å². The first-order chi connectivity index (χ1) is 4.29. The molecule has 0 amide bonds. The van der Waals surface area contributed by atoms with E-state index in [9.17, 15) is 8.78 Å². The molecule has 0 saturated carbocycles. The average molecular weight is 133 g/mol. The quantitative estimate of drug-likeness (QED) is 0.610. The molecule has 0 aromatic carbocycles. The molecule has 0 unspecified atom stereocenters. The van der Waals surface area contributed by atoms with Gasteiger partial charge in [0.25, 0.3) is 0 Å². The summed E-state index contributed by atoms with van der Waals surface area (Å²) in [7, 11) is 0. The molecule has 0 atom stereocenters. The van der Waals surface area contributed by atoms with Crippen molar-refractivity contribution in [2.24, 2.45) is 0 Å². The number of alkyl halides is 2. The zero-order chi connectivity index (χ0) is 6.69. The van der Waals surface area contributed by atoms with E-state index in [4.69, 9.17) is 0 Å². The summed E-state index contributed by atoms with van der Waals surface area (Å²) in [6.45, 7) is 0. The fourth-order valence-electron chi connectivity index (χ4n) is 0.501. The fraction of sp³-hybridized carbons (Fsp3) is 0.400. The molecule has 4 heteroatoms. The third-order valence-corrected chi connectivity index (χ3v) is 0.855. The molecule has 9 heavy (non-hydrogen) atoms. The lowest BCUT2D eigenvalue weighted by molar-refractivity contribution is 0.146. The van der Waals surface area contributed by atoms with Gasteiger partial charge in [-0.3, -0.25) is 0 Å². The van der Waals surface area contributed by atoms with Gasteiger partial charge in [-0.05, 0) is 0 Å². The third-order valence-electron chi connectivity index (χ3n) is 0.855. The summed E-state index contributed by atoms with van der Waals surface area (Å²) >= 11 is 0. The predicted molar refractivity (Wildman–Crippen MR) is 26.2 cm³/mol. The van der Waals surface area contributed by atoms with Crippen molar-refractivity contribution in [2.45, 2.75) is 12.8 Å². The second-order valence-electron chi connectivity index (χ2n) is 1.59. The molecular weight excluding hydrogens is 128 g/mol. The van der Waals surface area contributed by atoms with Crippen LogP contribution in [0.2, 0.25) is 0 Å². The molecule has 0 fully saturated rings. The highest BCUT2D eigenvalue weighted by Gasteiger charge is 2.05. The summed E-state index contributed by atoms with van der Waals surface area (Å²) in [5.41, 5.74) is 0.296. The Morgan fingerprint density at radius 3 is 2.89 bits per heavy atom. The van der Waals surface area contributed by atoms with Crippen LogP contribution in [-0.2, 0) is 6.42 Å². The van der Waals surface area contributed by atoms with Gasteiger partial charge in [-0.1, -0.05) is 5.16 Å². The monoisotopic (exact) mass is 133 g/mol. The first-order valence-corrected chi connectivity index (χ1v) is 2.46. The zero-order valence-electron chi connectivity index (χ0n) is 4.55. The number of aromatic nitrogens is 1. The number of nitrogens with zero attached hydrogens (tertiary/aromatic N) is 1. The van der Waals surface area contributed by atoms with Crippen LogP contribution in [0, 0.1) is 0 Å². The van der Waals surface area contributed by atoms with Crippen LogP contribution >= 0.6 is 0 Å². The van der Waals surface area contributed by atoms with Crippen LogP contribution in [0.5, 0.6) is 0 Å². The fourth-order valence-corrected chi connectivity index (χ4v) is 0.501. The molecule has 50 valence electrons. The Balaban J connectivity index is 2.48. The summed E-state index contributed by atoms with van der Waals surface area (Å²) in [5.74, 6) is 0. The van der Waals surface area contributed by atoms with Crippen molar-refractivity contribution < 1.29 is 13.3 Å². The normalized spacial score (nSPS) is 10.6. The Kier molecular flexibility index (Phi) is 1.77. The first-order valence-electron chi connectivity index (χ1n) is 2.46. The van der Waals surface area contributed by atoms with E-state index in [0.717, 1.165) is 0 Å². The van der Waals surface area contributed by atoms with Gasteiger partial charge in [-0.2, -0.15) is 0 Å². The molecule has 0 saturated heterocycles. The molecule has 0 aliphatic carbocycles. The molecule has 2 nitrogen and oxygen atoms in total. The molecule has 0 N–H and O–H groups in total. The van der Waals surface area contributed by atoms with E-state index in [0.29, 0.717) is 5.69 Å². The number of hydrogen-bond donors (Lipinski definition) is 0. The van der Waals surface area contributed by atoms with Crippen LogP contribution in [-0.4, -0.2) is 11.6 Å². The smallest absolute Gasteiger partial charge is 0.244 e. The van der Waals surface area contributed by atoms with Crippen LogP contribution in [0.4, 0.5) is 8.78 Å². The lowest BCUT2D eigenvalue weighted by Gasteiger charge is -1.89. The molecule has 0 aliphatic rings. The Hall–Kier alpha value is -0.930. The second kappa shape index (κ2) is 2.57. The number of halogens is 2. The van der Waals surface area contributed by atoms with Crippen molar-refractivity contribution in [3.8, 4) is 0 Å².